The van der Waals surface area contributed by atoms with Crippen LogP contribution in [0.3, 0.4) is 0 Å². The number of nitrogens with one attached hydrogen (secondary N) is 2. The predicted molar refractivity (Wildman–Crippen MR) is 81.3 cm³/mol. The summed E-state index contributed by atoms with van der Waals surface area (Å²) in [7, 11) is 1.26. The molecule has 0 spiro atoms. The summed E-state index contributed by atoms with van der Waals surface area (Å²) < 4.78 is 4.66. The van der Waals surface area contributed by atoms with Crippen molar-refractivity contribution in [1.82, 2.24) is 4.98 Å². The zero-order valence-electron chi connectivity index (χ0n) is 12.5. The largest absolute Gasteiger partial charge is 0.464 e. The Kier molecular flexibility index (Phi) is 4.41. The van der Waals surface area contributed by atoms with E-state index in [-0.39, 0.29) is 11.5 Å². The number of anilines is 1. The molecule has 0 atom stereocenters. The second kappa shape index (κ2) is 6.26. The minimum atomic E-state index is -0.569. The average molecular weight is 300 g/mol. The Labute approximate surface area is 127 Å². The monoisotopic (exact) mass is 300 g/mol. The van der Waals surface area contributed by atoms with Crippen molar-refractivity contribution >= 4 is 23.3 Å². The summed E-state index contributed by atoms with van der Waals surface area (Å²) in [6.45, 7) is 3.19. The van der Waals surface area contributed by atoms with Crippen LogP contribution in [-0.4, -0.2) is 29.8 Å². The first-order valence-corrected chi connectivity index (χ1v) is 6.62. The number of amides is 1. The number of Topliss-reactive ketones (excluding diaryl/α,β-unsaturated/α-hetero) is 1. The van der Waals surface area contributed by atoms with Gasteiger partial charge in [-0.15, -0.1) is 0 Å². The van der Waals surface area contributed by atoms with Crippen molar-refractivity contribution in [3.05, 3.63) is 52.8 Å². The number of rotatable bonds is 4. The van der Waals surface area contributed by atoms with E-state index >= 15 is 0 Å². The average Bonchev–Trinajstić information content (AvgIpc) is 2.87. The van der Waals surface area contributed by atoms with Crippen LogP contribution in [0, 0.1) is 6.92 Å². The highest BCUT2D eigenvalue weighted by Gasteiger charge is 2.17. The van der Waals surface area contributed by atoms with Gasteiger partial charge in [-0.3, -0.25) is 9.59 Å². The van der Waals surface area contributed by atoms with E-state index in [1.807, 2.05) is 0 Å². The highest BCUT2D eigenvalue weighted by Crippen LogP contribution is 2.19. The molecule has 0 aliphatic heterocycles. The normalized spacial score (nSPS) is 10.1. The summed E-state index contributed by atoms with van der Waals surface area (Å²) >= 11 is 0. The summed E-state index contributed by atoms with van der Waals surface area (Å²) in [5, 5.41) is 2.65. The Morgan fingerprint density at radius 2 is 1.82 bits per heavy atom. The van der Waals surface area contributed by atoms with Gasteiger partial charge in [0.25, 0.3) is 5.91 Å². The van der Waals surface area contributed by atoms with Crippen molar-refractivity contribution in [1.29, 1.82) is 0 Å². The van der Waals surface area contributed by atoms with Gasteiger partial charge in [-0.25, -0.2) is 4.79 Å². The van der Waals surface area contributed by atoms with Crippen LogP contribution in [0.2, 0.25) is 0 Å². The van der Waals surface area contributed by atoms with E-state index < -0.39 is 11.9 Å². The molecule has 1 aromatic heterocycles. The lowest BCUT2D eigenvalue weighted by atomic mass is 10.1. The second-order valence-corrected chi connectivity index (χ2v) is 4.82. The maximum absolute atomic E-state index is 12.3. The first kappa shape index (κ1) is 15.5. The fraction of sp³-hybridized carbons (Fsp3) is 0.188. The molecular weight excluding hydrogens is 284 g/mol. The number of aromatic nitrogens is 1. The molecule has 0 fully saturated rings. The number of carbonyl (C=O) groups excluding carboxylic acids is 3. The van der Waals surface area contributed by atoms with Crippen molar-refractivity contribution in [2.24, 2.45) is 0 Å². The van der Waals surface area contributed by atoms with Crippen molar-refractivity contribution < 1.29 is 19.1 Å². The molecule has 0 bridgehead atoms. The van der Waals surface area contributed by atoms with Crippen LogP contribution in [0.5, 0.6) is 0 Å². The second-order valence-electron chi connectivity index (χ2n) is 4.82. The van der Waals surface area contributed by atoms with E-state index in [4.69, 9.17) is 0 Å². The summed E-state index contributed by atoms with van der Waals surface area (Å²) in [4.78, 5) is 38.1. The zero-order valence-corrected chi connectivity index (χ0v) is 12.5. The molecule has 0 saturated heterocycles. The number of aromatic amines is 1. The minimum Gasteiger partial charge on any atom is -0.464 e. The molecule has 22 heavy (non-hydrogen) atoms. The van der Waals surface area contributed by atoms with Crippen LogP contribution >= 0.6 is 0 Å². The minimum absolute atomic E-state index is 0.123. The number of esters is 1. The highest BCUT2D eigenvalue weighted by molar-refractivity contribution is 6.08. The van der Waals surface area contributed by atoms with Gasteiger partial charge in [0.05, 0.1) is 12.8 Å². The fourth-order valence-electron chi connectivity index (χ4n) is 2.02. The van der Waals surface area contributed by atoms with Gasteiger partial charge in [0, 0.05) is 16.8 Å². The predicted octanol–water partition coefficient (Wildman–Crippen LogP) is 2.56. The van der Waals surface area contributed by atoms with Gasteiger partial charge >= 0.3 is 5.97 Å². The van der Waals surface area contributed by atoms with Gasteiger partial charge < -0.3 is 15.0 Å². The van der Waals surface area contributed by atoms with Crippen LogP contribution < -0.4 is 5.32 Å². The molecule has 6 heteroatoms. The lowest BCUT2D eigenvalue weighted by molar-refractivity contribution is 0.0595. The van der Waals surface area contributed by atoms with E-state index in [1.165, 1.54) is 20.1 Å². The molecule has 2 N–H and O–H groups in total. The Morgan fingerprint density at radius 3 is 2.45 bits per heavy atom. The molecule has 114 valence electrons. The number of hydrogen-bond donors (Lipinski definition) is 2. The van der Waals surface area contributed by atoms with E-state index in [1.54, 1.807) is 31.2 Å². The van der Waals surface area contributed by atoms with Crippen molar-refractivity contribution in [3.63, 3.8) is 0 Å². The number of ketones is 1. The quantitative estimate of drug-likeness (QED) is 0.671. The molecule has 0 aliphatic rings. The molecule has 2 rings (SSSR count). The van der Waals surface area contributed by atoms with E-state index in [0.29, 0.717) is 22.5 Å². The van der Waals surface area contributed by atoms with E-state index in [2.05, 4.69) is 15.0 Å². The summed E-state index contributed by atoms with van der Waals surface area (Å²) in [6, 6.07) is 8.02. The number of methoxy groups -OCH3 is 1. The summed E-state index contributed by atoms with van der Waals surface area (Å²) in [5.41, 5.74) is 2.01. The Balaban J connectivity index is 2.28. The number of aryl methyl sites for hydroxylation is 1. The molecular formula is C16H16N2O4. The number of ether oxygens (including phenoxy) is 1. The van der Waals surface area contributed by atoms with Gasteiger partial charge in [0.1, 0.15) is 5.69 Å². The molecule has 1 aromatic carbocycles. The van der Waals surface area contributed by atoms with Crippen LogP contribution in [0.4, 0.5) is 5.69 Å². The molecule has 1 amide bonds. The third-order valence-corrected chi connectivity index (χ3v) is 3.12. The molecule has 6 nitrogen and oxygen atoms in total. The van der Waals surface area contributed by atoms with Gasteiger partial charge in [0.2, 0.25) is 0 Å². The molecule has 1 heterocycles. The Bertz CT molecular complexity index is 746. The van der Waals surface area contributed by atoms with Gasteiger partial charge in [-0.05, 0) is 32.0 Å². The summed E-state index contributed by atoms with van der Waals surface area (Å²) in [6.07, 6.45) is 0. The number of H-pyrrole nitrogens is 1. The van der Waals surface area contributed by atoms with Gasteiger partial charge in [0.15, 0.2) is 5.78 Å². The third-order valence-electron chi connectivity index (χ3n) is 3.12. The number of hydrogen-bond acceptors (Lipinski definition) is 4. The lowest BCUT2D eigenvalue weighted by Gasteiger charge is -2.06. The third kappa shape index (κ3) is 3.22. The Morgan fingerprint density at radius 1 is 1.14 bits per heavy atom. The van der Waals surface area contributed by atoms with E-state index in [9.17, 15) is 14.4 Å². The number of benzene rings is 1. The maximum atomic E-state index is 12.3. The molecule has 0 saturated carbocycles. The van der Waals surface area contributed by atoms with E-state index in [0.717, 1.165) is 0 Å². The van der Waals surface area contributed by atoms with Crippen molar-refractivity contribution in [3.8, 4) is 0 Å². The number of carbonyl (C=O) groups is 3. The SMILES string of the molecule is COC(=O)c1[nH]c(C)cc1NC(=O)c1cccc(C(C)=O)c1. The van der Waals surface area contributed by atoms with Gasteiger partial charge in [-0.1, -0.05) is 12.1 Å². The Hall–Kier alpha value is -2.89. The topological polar surface area (TPSA) is 88.3 Å². The van der Waals surface area contributed by atoms with Crippen molar-refractivity contribution in [2.45, 2.75) is 13.8 Å². The smallest absolute Gasteiger partial charge is 0.356 e. The lowest BCUT2D eigenvalue weighted by Crippen LogP contribution is -2.15. The first-order valence-electron chi connectivity index (χ1n) is 6.62. The van der Waals surface area contributed by atoms with Crippen LogP contribution in [0.1, 0.15) is 43.8 Å². The fourth-order valence-corrected chi connectivity index (χ4v) is 2.02. The highest BCUT2D eigenvalue weighted by atomic mass is 16.5. The standard InChI is InChI=1S/C16H16N2O4/c1-9-7-13(14(17-9)16(21)22-3)18-15(20)12-6-4-5-11(8-12)10(2)19/h4-8,17H,1-3H3,(H,18,20). The van der Waals surface area contributed by atoms with Crippen LogP contribution in [0.15, 0.2) is 30.3 Å². The van der Waals surface area contributed by atoms with Crippen molar-refractivity contribution in [2.75, 3.05) is 12.4 Å². The molecule has 0 aliphatic carbocycles. The summed E-state index contributed by atoms with van der Waals surface area (Å²) in [5.74, 6) is -1.10. The maximum Gasteiger partial charge on any atom is 0.356 e. The molecule has 0 radical (unpaired) electrons. The van der Waals surface area contributed by atoms with Gasteiger partial charge in [-0.2, -0.15) is 0 Å². The van der Waals surface area contributed by atoms with Crippen LogP contribution in [-0.2, 0) is 4.74 Å². The molecule has 2 aromatic rings. The first-order chi connectivity index (χ1) is 10.4. The molecule has 0 unspecified atom stereocenters. The van der Waals surface area contributed by atoms with Crippen LogP contribution in [0.25, 0.3) is 0 Å². The zero-order chi connectivity index (χ0) is 16.3.